The number of nitro benzene ring substituents is 2. The summed E-state index contributed by atoms with van der Waals surface area (Å²) in [5.41, 5.74) is -1.09. The summed E-state index contributed by atoms with van der Waals surface area (Å²) in [6.45, 7) is 0.803. The number of esters is 1. The molecule has 2 aromatic rings. The first-order valence-corrected chi connectivity index (χ1v) is 8.23. The Balaban J connectivity index is 2.27. The Morgan fingerprint density at radius 3 is 2.45 bits per heavy atom. The van der Waals surface area contributed by atoms with Crippen LogP contribution in [0.1, 0.15) is 15.9 Å². The molecule has 0 saturated carbocycles. The number of pyridine rings is 1. The highest BCUT2D eigenvalue weighted by molar-refractivity contribution is 5.99. The van der Waals surface area contributed by atoms with Crippen LogP contribution in [-0.2, 0) is 16.0 Å². The molecule has 0 fully saturated rings. The van der Waals surface area contributed by atoms with E-state index in [2.05, 4.69) is 15.0 Å². The molecule has 154 valence electrons. The molecule has 0 amide bonds. The van der Waals surface area contributed by atoms with Crippen molar-refractivity contribution in [3.8, 4) is 5.88 Å². The van der Waals surface area contributed by atoms with Gasteiger partial charge >= 0.3 is 5.97 Å². The zero-order chi connectivity index (χ0) is 21.4. The number of hydrogen-bond donors (Lipinski definition) is 1. The molecule has 1 aromatic carbocycles. The van der Waals surface area contributed by atoms with Crippen molar-refractivity contribution in [2.45, 2.75) is 6.54 Å². The minimum Gasteiger partial charge on any atom is -0.475 e. The largest absolute Gasteiger partial charge is 0.475 e. The Bertz CT molecular complexity index is 901. The summed E-state index contributed by atoms with van der Waals surface area (Å²) >= 11 is 0. The zero-order valence-electron chi connectivity index (χ0n) is 15.6. The molecule has 12 nitrogen and oxygen atoms in total. The van der Waals surface area contributed by atoms with Gasteiger partial charge in [-0.1, -0.05) is 6.07 Å². The van der Waals surface area contributed by atoms with Gasteiger partial charge in [0.05, 0.1) is 35.2 Å². The Hall–Kier alpha value is -3.80. The normalized spacial score (nSPS) is 10.3. The van der Waals surface area contributed by atoms with Crippen LogP contribution in [-0.4, -0.2) is 48.2 Å². The SMILES string of the molecule is COCCOc1ccc(CNc2c(C(=O)OC)cc([N+](=O)[O-])cc2[N+](=O)[O-])cn1. The quantitative estimate of drug-likeness (QED) is 0.269. The summed E-state index contributed by atoms with van der Waals surface area (Å²) in [6, 6.07) is 4.99. The van der Waals surface area contributed by atoms with Crippen LogP contribution in [0, 0.1) is 20.2 Å². The summed E-state index contributed by atoms with van der Waals surface area (Å²) in [7, 11) is 2.62. The van der Waals surface area contributed by atoms with E-state index in [1.54, 1.807) is 19.2 Å². The van der Waals surface area contributed by atoms with Crippen molar-refractivity contribution >= 4 is 23.0 Å². The molecule has 1 heterocycles. The molecule has 12 heteroatoms. The Labute approximate surface area is 164 Å². The Morgan fingerprint density at radius 2 is 1.90 bits per heavy atom. The molecule has 0 spiro atoms. The molecule has 0 atom stereocenters. The van der Waals surface area contributed by atoms with Gasteiger partial charge in [0.15, 0.2) is 0 Å². The minimum absolute atomic E-state index is 0.0635. The number of nitro groups is 2. The van der Waals surface area contributed by atoms with Crippen molar-refractivity contribution in [3.63, 3.8) is 0 Å². The number of rotatable bonds is 10. The van der Waals surface area contributed by atoms with Gasteiger partial charge < -0.3 is 19.5 Å². The molecule has 1 aromatic heterocycles. The number of methoxy groups -OCH3 is 2. The van der Waals surface area contributed by atoms with E-state index in [0.29, 0.717) is 24.7 Å². The van der Waals surface area contributed by atoms with Gasteiger partial charge in [0, 0.05) is 32.0 Å². The average molecular weight is 406 g/mol. The van der Waals surface area contributed by atoms with Crippen molar-refractivity contribution < 1.29 is 28.9 Å². The van der Waals surface area contributed by atoms with Gasteiger partial charge in [-0.3, -0.25) is 20.2 Å². The van der Waals surface area contributed by atoms with Crippen LogP contribution in [0.3, 0.4) is 0 Å². The predicted molar refractivity (Wildman–Crippen MR) is 100 cm³/mol. The molecule has 0 saturated heterocycles. The predicted octanol–water partition coefficient (Wildman–Crippen LogP) is 2.32. The van der Waals surface area contributed by atoms with Gasteiger partial charge in [0.2, 0.25) is 5.88 Å². The molecule has 2 rings (SSSR count). The van der Waals surface area contributed by atoms with Gasteiger partial charge in [-0.25, -0.2) is 9.78 Å². The molecular weight excluding hydrogens is 388 g/mol. The van der Waals surface area contributed by atoms with Crippen LogP contribution in [0.2, 0.25) is 0 Å². The molecule has 0 aliphatic carbocycles. The molecule has 0 radical (unpaired) electrons. The number of aromatic nitrogens is 1. The van der Waals surface area contributed by atoms with Gasteiger partial charge in [0.25, 0.3) is 11.4 Å². The lowest BCUT2D eigenvalue weighted by Crippen LogP contribution is -2.12. The number of benzene rings is 1. The van der Waals surface area contributed by atoms with Crippen LogP contribution in [0.15, 0.2) is 30.5 Å². The summed E-state index contributed by atoms with van der Waals surface area (Å²) in [4.78, 5) is 36.9. The maximum absolute atomic E-state index is 12.0. The van der Waals surface area contributed by atoms with Gasteiger partial charge in [-0.15, -0.1) is 0 Å². The van der Waals surface area contributed by atoms with E-state index in [4.69, 9.17) is 9.47 Å². The third-order valence-electron chi connectivity index (χ3n) is 3.72. The topological polar surface area (TPSA) is 156 Å². The van der Waals surface area contributed by atoms with E-state index < -0.39 is 27.2 Å². The van der Waals surface area contributed by atoms with E-state index in [9.17, 15) is 25.0 Å². The summed E-state index contributed by atoms with van der Waals surface area (Å²) < 4.78 is 14.8. The van der Waals surface area contributed by atoms with Crippen LogP contribution < -0.4 is 10.1 Å². The number of non-ortho nitro benzene ring substituents is 1. The molecule has 29 heavy (non-hydrogen) atoms. The average Bonchev–Trinajstić information content (AvgIpc) is 2.72. The lowest BCUT2D eigenvalue weighted by Gasteiger charge is -2.12. The first-order chi connectivity index (χ1) is 13.9. The van der Waals surface area contributed by atoms with Crippen LogP contribution >= 0.6 is 0 Å². The van der Waals surface area contributed by atoms with Crippen LogP contribution in [0.25, 0.3) is 0 Å². The monoisotopic (exact) mass is 406 g/mol. The highest BCUT2D eigenvalue weighted by Gasteiger charge is 2.27. The number of hydrogen-bond acceptors (Lipinski definition) is 10. The lowest BCUT2D eigenvalue weighted by molar-refractivity contribution is -0.393. The van der Waals surface area contributed by atoms with Gasteiger partial charge in [-0.05, 0) is 5.56 Å². The van der Waals surface area contributed by atoms with E-state index in [1.807, 2.05) is 0 Å². The second-order valence-electron chi connectivity index (χ2n) is 5.59. The smallest absolute Gasteiger partial charge is 0.340 e. The second kappa shape index (κ2) is 9.94. The zero-order valence-corrected chi connectivity index (χ0v) is 15.6. The highest BCUT2D eigenvalue weighted by atomic mass is 16.6. The van der Waals surface area contributed by atoms with E-state index >= 15 is 0 Å². The Kier molecular flexibility index (Phi) is 7.37. The number of nitrogens with zero attached hydrogens (tertiary/aromatic N) is 3. The van der Waals surface area contributed by atoms with Crippen molar-refractivity contribution in [3.05, 3.63) is 61.8 Å². The molecule has 0 aliphatic heterocycles. The fraction of sp³-hybridized carbons (Fsp3) is 0.294. The summed E-state index contributed by atoms with van der Waals surface area (Å²) in [5.74, 6) is -0.568. The van der Waals surface area contributed by atoms with Crippen molar-refractivity contribution in [2.24, 2.45) is 0 Å². The van der Waals surface area contributed by atoms with E-state index in [0.717, 1.165) is 19.2 Å². The fourth-order valence-electron chi connectivity index (χ4n) is 2.34. The third kappa shape index (κ3) is 5.59. The Morgan fingerprint density at radius 1 is 1.14 bits per heavy atom. The van der Waals surface area contributed by atoms with E-state index in [1.165, 1.54) is 6.20 Å². The van der Waals surface area contributed by atoms with Crippen molar-refractivity contribution in [1.82, 2.24) is 4.98 Å². The molecule has 0 aliphatic rings. The molecular formula is C17H18N4O8. The molecule has 0 bridgehead atoms. The first-order valence-electron chi connectivity index (χ1n) is 8.23. The van der Waals surface area contributed by atoms with Crippen LogP contribution in [0.4, 0.5) is 17.1 Å². The van der Waals surface area contributed by atoms with E-state index in [-0.39, 0.29) is 17.8 Å². The first kappa shape index (κ1) is 21.5. The van der Waals surface area contributed by atoms with Crippen LogP contribution in [0.5, 0.6) is 5.88 Å². The highest BCUT2D eigenvalue weighted by Crippen LogP contribution is 2.34. The van der Waals surface area contributed by atoms with Gasteiger partial charge in [0.1, 0.15) is 12.3 Å². The lowest BCUT2D eigenvalue weighted by atomic mass is 10.1. The number of carbonyl (C=O) groups is 1. The standard InChI is InChI=1S/C17H18N4O8/c1-27-5-6-29-15-4-3-11(9-18-15)10-19-16-13(17(22)28-2)7-12(20(23)24)8-14(16)21(25)26/h3-4,7-9,19H,5-6,10H2,1-2H3. The summed E-state index contributed by atoms with van der Waals surface area (Å²) in [5, 5.41) is 25.2. The van der Waals surface area contributed by atoms with Crippen molar-refractivity contribution in [1.29, 1.82) is 0 Å². The molecule has 0 unspecified atom stereocenters. The number of ether oxygens (including phenoxy) is 3. The number of carbonyl (C=O) groups excluding carboxylic acids is 1. The maximum atomic E-state index is 12.0. The van der Waals surface area contributed by atoms with Gasteiger partial charge in [-0.2, -0.15) is 0 Å². The van der Waals surface area contributed by atoms with Crippen molar-refractivity contribution in [2.75, 3.05) is 32.8 Å². The summed E-state index contributed by atoms with van der Waals surface area (Å²) in [6.07, 6.45) is 1.49. The number of anilines is 1. The maximum Gasteiger partial charge on any atom is 0.340 e. The number of nitrogens with one attached hydrogen (secondary N) is 1. The fourth-order valence-corrected chi connectivity index (χ4v) is 2.34. The second-order valence-corrected chi connectivity index (χ2v) is 5.59. The third-order valence-corrected chi connectivity index (χ3v) is 3.72. The minimum atomic E-state index is -0.945. The molecule has 1 N–H and O–H groups in total.